The van der Waals surface area contributed by atoms with Gasteiger partial charge in [0.15, 0.2) is 11.4 Å². The largest absolute Gasteiger partial charge is 0.366 e. The third-order valence-corrected chi connectivity index (χ3v) is 2.39. The highest BCUT2D eigenvalue weighted by molar-refractivity contribution is 8.13. The number of carbonyl (C=O) groups is 1. The van der Waals surface area contributed by atoms with Crippen molar-refractivity contribution in [1.29, 1.82) is 5.26 Å². The van der Waals surface area contributed by atoms with Gasteiger partial charge in [-0.3, -0.25) is 10.1 Å². The number of hydrogen-bond donors (Lipinski definition) is 2. The first-order chi connectivity index (χ1) is 8.08. The molecule has 88 valence electrons. The van der Waals surface area contributed by atoms with Crippen LogP contribution in [0.5, 0.6) is 0 Å². The Morgan fingerprint density at radius 2 is 2.35 bits per heavy atom. The monoisotopic (exact) mass is 252 g/mol. The van der Waals surface area contributed by atoms with Crippen molar-refractivity contribution in [1.82, 2.24) is 5.32 Å². The lowest BCUT2D eigenvalue weighted by Crippen LogP contribution is -2.13. The second kappa shape index (κ2) is 5.86. The highest BCUT2D eigenvalue weighted by atomic mass is 32.2. The SMILES string of the molecule is CSC(=Nc1cc(C(N)=O)ccc1F)NC#N. The summed E-state index contributed by atoms with van der Waals surface area (Å²) < 4.78 is 13.4. The van der Waals surface area contributed by atoms with Crippen LogP contribution in [0.25, 0.3) is 0 Å². The molecule has 0 unspecified atom stereocenters. The third kappa shape index (κ3) is 3.46. The summed E-state index contributed by atoms with van der Waals surface area (Å²) in [6, 6.07) is 3.60. The molecule has 1 amide bonds. The van der Waals surface area contributed by atoms with E-state index in [2.05, 4.69) is 10.3 Å². The minimum absolute atomic E-state index is 0.0478. The third-order valence-electron chi connectivity index (χ3n) is 1.81. The Kier molecular flexibility index (Phi) is 4.48. The average Bonchev–Trinajstić information content (AvgIpc) is 2.30. The second-order valence-corrected chi connectivity index (χ2v) is 3.68. The molecular weight excluding hydrogens is 243 g/mol. The van der Waals surface area contributed by atoms with Gasteiger partial charge in [-0.05, 0) is 24.5 Å². The number of halogens is 1. The van der Waals surface area contributed by atoms with Gasteiger partial charge < -0.3 is 5.73 Å². The Morgan fingerprint density at radius 3 is 2.88 bits per heavy atom. The maximum atomic E-state index is 13.4. The maximum absolute atomic E-state index is 13.4. The Bertz CT molecular complexity index is 510. The smallest absolute Gasteiger partial charge is 0.248 e. The molecule has 0 aliphatic heterocycles. The zero-order valence-corrected chi connectivity index (χ0v) is 9.71. The van der Waals surface area contributed by atoms with E-state index >= 15 is 0 Å². The molecule has 0 aliphatic carbocycles. The molecule has 0 atom stereocenters. The highest BCUT2D eigenvalue weighted by Gasteiger charge is 2.07. The number of nitrogens with two attached hydrogens (primary N) is 1. The van der Waals surface area contributed by atoms with Gasteiger partial charge in [-0.25, -0.2) is 9.38 Å². The first-order valence-electron chi connectivity index (χ1n) is 4.45. The molecule has 0 aromatic heterocycles. The molecule has 0 saturated heterocycles. The fourth-order valence-electron chi connectivity index (χ4n) is 1.03. The van der Waals surface area contributed by atoms with Gasteiger partial charge in [0.1, 0.15) is 11.5 Å². The van der Waals surface area contributed by atoms with Gasteiger partial charge in [0.05, 0.1) is 0 Å². The van der Waals surface area contributed by atoms with E-state index in [9.17, 15) is 9.18 Å². The van der Waals surface area contributed by atoms with Crippen LogP contribution in [0.15, 0.2) is 23.2 Å². The summed E-state index contributed by atoms with van der Waals surface area (Å²) in [5.74, 6) is -1.26. The molecule has 0 bridgehead atoms. The van der Waals surface area contributed by atoms with E-state index in [-0.39, 0.29) is 16.4 Å². The van der Waals surface area contributed by atoms with Crippen molar-refractivity contribution in [2.45, 2.75) is 0 Å². The first-order valence-corrected chi connectivity index (χ1v) is 5.68. The van der Waals surface area contributed by atoms with Crippen LogP contribution in [0.1, 0.15) is 10.4 Å². The molecule has 1 aromatic carbocycles. The Hall–Kier alpha value is -2.07. The van der Waals surface area contributed by atoms with Crippen LogP contribution in [0.3, 0.4) is 0 Å². The van der Waals surface area contributed by atoms with Crippen molar-refractivity contribution < 1.29 is 9.18 Å². The molecule has 0 aliphatic rings. The molecule has 5 nitrogen and oxygen atoms in total. The summed E-state index contributed by atoms with van der Waals surface area (Å²) in [7, 11) is 0. The van der Waals surface area contributed by atoms with Crippen LogP contribution in [-0.4, -0.2) is 17.3 Å². The minimum atomic E-state index is -0.666. The van der Waals surface area contributed by atoms with Crippen LogP contribution in [0.4, 0.5) is 10.1 Å². The number of hydrogen-bond acceptors (Lipinski definition) is 4. The van der Waals surface area contributed by atoms with E-state index in [1.807, 2.05) is 0 Å². The average molecular weight is 252 g/mol. The van der Waals surface area contributed by atoms with E-state index in [4.69, 9.17) is 11.0 Å². The van der Waals surface area contributed by atoms with Crippen LogP contribution < -0.4 is 11.1 Å². The molecule has 17 heavy (non-hydrogen) atoms. The summed E-state index contributed by atoms with van der Waals surface area (Å²) in [6.07, 6.45) is 3.36. The lowest BCUT2D eigenvalue weighted by atomic mass is 10.2. The van der Waals surface area contributed by atoms with Crippen LogP contribution in [-0.2, 0) is 0 Å². The number of nitrogens with one attached hydrogen (secondary N) is 1. The van der Waals surface area contributed by atoms with Crippen LogP contribution in [0.2, 0.25) is 0 Å². The number of benzene rings is 1. The molecule has 0 heterocycles. The van der Waals surface area contributed by atoms with E-state index in [0.717, 1.165) is 17.8 Å². The van der Waals surface area contributed by atoms with Crippen molar-refractivity contribution in [3.63, 3.8) is 0 Å². The number of amidine groups is 1. The summed E-state index contributed by atoms with van der Waals surface area (Å²) in [4.78, 5) is 14.8. The van der Waals surface area contributed by atoms with Gasteiger partial charge in [0.25, 0.3) is 0 Å². The molecule has 3 N–H and O–H groups in total. The van der Waals surface area contributed by atoms with E-state index < -0.39 is 11.7 Å². The van der Waals surface area contributed by atoms with Crippen molar-refractivity contribution in [2.24, 2.45) is 10.7 Å². The fourth-order valence-corrected chi connectivity index (χ4v) is 1.37. The van der Waals surface area contributed by atoms with Gasteiger partial charge in [-0.2, -0.15) is 5.26 Å². The molecule has 0 spiro atoms. The number of aliphatic imine (C=N–C) groups is 1. The zero-order chi connectivity index (χ0) is 12.8. The van der Waals surface area contributed by atoms with Crippen molar-refractivity contribution in [2.75, 3.05) is 6.26 Å². The highest BCUT2D eigenvalue weighted by Crippen LogP contribution is 2.20. The number of nitriles is 1. The van der Waals surface area contributed by atoms with Crippen LogP contribution in [0, 0.1) is 17.3 Å². The van der Waals surface area contributed by atoms with E-state index in [1.165, 1.54) is 12.1 Å². The first kappa shape index (κ1) is 13.0. The van der Waals surface area contributed by atoms with Gasteiger partial charge in [-0.1, -0.05) is 11.8 Å². The second-order valence-electron chi connectivity index (χ2n) is 2.89. The number of primary amides is 1. The van der Waals surface area contributed by atoms with E-state index in [1.54, 1.807) is 12.4 Å². The standard InChI is InChI=1S/C10H9FN4OS/c1-17-10(14-5-12)15-8-4-6(9(13)16)2-3-7(8)11/h2-4H,1H3,(H2,13,16)(H,14,15). The normalized spacial score (nSPS) is 10.8. The summed E-state index contributed by atoms with van der Waals surface area (Å²) in [6.45, 7) is 0. The number of thioether (sulfide) groups is 1. The van der Waals surface area contributed by atoms with Crippen molar-refractivity contribution >= 4 is 28.5 Å². The molecule has 0 saturated carbocycles. The summed E-state index contributed by atoms with van der Waals surface area (Å²) in [5.41, 5.74) is 5.18. The molecule has 0 fully saturated rings. The number of nitrogens with zero attached hydrogens (tertiary/aromatic N) is 2. The van der Waals surface area contributed by atoms with Gasteiger partial charge in [0.2, 0.25) is 5.91 Å². The topological polar surface area (TPSA) is 91.3 Å². The Labute approximate surface area is 102 Å². The zero-order valence-electron chi connectivity index (χ0n) is 8.90. The van der Waals surface area contributed by atoms with E-state index in [0.29, 0.717) is 0 Å². The molecule has 0 radical (unpaired) electrons. The Balaban J connectivity index is 3.17. The fraction of sp³-hybridized carbons (Fsp3) is 0.100. The Morgan fingerprint density at radius 1 is 1.65 bits per heavy atom. The summed E-state index contributed by atoms with van der Waals surface area (Å²) >= 11 is 1.15. The molecular formula is C10H9FN4OS. The predicted octanol–water partition coefficient (Wildman–Crippen LogP) is 1.35. The quantitative estimate of drug-likeness (QED) is 0.359. The van der Waals surface area contributed by atoms with Crippen molar-refractivity contribution in [3.8, 4) is 6.19 Å². The van der Waals surface area contributed by atoms with Crippen molar-refractivity contribution in [3.05, 3.63) is 29.6 Å². The lowest BCUT2D eigenvalue weighted by Gasteiger charge is -2.02. The number of amides is 1. The molecule has 1 aromatic rings. The summed E-state index contributed by atoms with van der Waals surface area (Å²) in [5, 5.41) is 11.0. The maximum Gasteiger partial charge on any atom is 0.248 e. The predicted molar refractivity (Wildman–Crippen MR) is 64.3 cm³/mol. The lowest BCUT2D eigenvalue weighted by molar-refractivity contribution is 0.100. The molecule has 7 heteroatoms. The van der Waals surface area contributed by atoms with Gasteiger partial charge >= 0.3 is 0 Å². The number of rotatable bonds is 2. The minimum Gasteiger partial charge on any atom is -0.366 e. The number of carbonyl (C=O) groups excluding carboxylic acids is 1. The van der Waals surface area contributed by atoms with Crippen LogP contribution >= 0.6 is 11.8 Å². The molecule has 1 rings (SSSR count). The van der Waals surface area contributed by atoms with Gasteiger partial charge in [0, 0.05) is 5.56 Å². The van der Waals surface area contributed by atoms with Gasteiger partial charge in [-0.15, -0.1) is 0 Å².